The van der Waals surface area contributed by atoms with Gasteiger partial charge in [-0.05, 0) is 13.0 Å². The van der Waals surface area contributed by atoms with Crippen LogP contribution in [0.25, 0.3) is 0 Å². The zero-order chi connectivity index (χ0) is 11.5. The number of aryl methyl sites for hydroxylation is 1. The van der Waals surface area contributed by atoms with Crippen molar-refractivity contribution < 1.29 is 4.74 Å². The van der Waals surface area contributed by atoms with Crippen molar-refractivity contribution in [1.82, 2.24) is 9.78 Å². The molecule has 2 N–H and O–H groups in total. The SMILES string of the molecule is C[C@@H](N)c1ccccc1Oc1cnn(C)c1. The van der Waals surface area contributed by atoms with Crippen molar-refractivity contribution in [2.45, 2.75) is 13.0 Å². The minimum Gasteiger partial charge on any atom is -0.454 e. The Balaban J connectivity index is 2.27. The second-order valence-electron chi connectivity index (χ2n) is 3.78. The molecule has 0 fully saturated rings. The number of nitrogens with two attached hydrogens (primary N) is 1. The second kappa shape index (κ2) is 4.37. The minimum absolute atomic E-state index is 0.0483. The lowest BCUT2D eigenvalue weighted by Crippen LogP contribution is -2.06. The van der Waals surface area contributed by atoms with E-state index in [-0.39, 0.29) is 6.04 Å². The third-order valence-corrected chi connectivity index (χ3v) is 2.32. The van der Waals surface area contributed by atoms with Crippen molar-refractivity contribution in [2.75, 3.05) is 0 Å². The van der Waals surface area contributed by atoms with Crippen molar-refractivity contribution in [1.29, 1.82) is 0 Å². The molecular weight excluding hydrogens is 202 g/mol. The van der Waals surface area contributed by atoms with Crippen LogP contribution in [0.3, 0.4) is 0 Å². The summed E-state index contributed by atoms with van der Waals surface area (Å²) in [6, 6.07) is 7.71. The van der Waals surface area contributed by atoms with Crippen LogP contribution in [-0.4, -0.2) is 9.78 Å². The maximum atomic E-state index is 5.87. The van der Waals surface area contributed by atoms with E-state index in [0.29, 0.717) is 0 Å². The second-order valence-corrected chi connectivity index (χ2v) is 3.78. The number of para-hydroxylation sites is 1. The largest absolute Gasteiger partial charge is 0.454 e. The van der Waals surface area contributed by atoms with Gasteiger partial charge in [0.25, 0.3) is 0 Å². The fourth-order valence-electron chi connectivity index (χ4n) is 1.53. The van der Waals surface area contributed by atoms with Crippen molar-refractivity contribution >= 4 is 0 Å². The van der Waals surface area contributed by atoms with E-state index in [9.17, 15) is 0 Å². The molecule has 0 saturated carbocycles. The summed E-state index contributed by atoms with van der Waals surface area (Å²) in [4.78, 5) is 0. The lowest BCUT2D eigenvalue weighted by molar-refractivity contribution is 0.471. The highest BCUT2D eigenvalue weighted by molar-refractivity contribution is 5.38. The zero-order valence-corrected chi connectivity index (χ0v) is 9.42. The van der Waals surface area contributed by atoms with Crippen molar-refractivity contribution in [2.24, 2.45) is 12.8 Å². The van der Waals surface area contributed by atoms with Crippen LogP contribution >= 0.6 is 0 Å². The Morgan fingerprint density at radius 3 is 2.75 bits per heavy atom. The van der Waals surface area contributed by atoms with E-state index >= 15 is 0 Å². The molecule has 0 bridgehead atoms. The molecule has 2 aromatic rings. The van der Waals surface area contributed by atoms with E-state index in [2.05, 4.69) is 5.10 Å². The van der Waals surface area contributed by atoms with Crippen LogP contribution in [0.1, 0.15) is 18.5 Å². The summed E-state index contributed by atoms with van der Waals surface area (Å²) in [6.07, 6.45) is 3.50. The van der Waals surface area contributed by atoms with Gasteiger partial charge >= 0.3 is 0 Å². The molecule has 1 heterocycles. The molecule has 1 aromatic heterocycles. The normalized spacial score (nSPS) is 12.4. The van der Waals surface area contributed by atoms with Crippen molar-refractivity contribution in [3.05, 3.63) is 42.2 Å². The Morgan fingerprint density at radius 2 is 2.12 bits per heavy atom. The van der Waals surface area contributed by atoms with E-state index in [1.165, 1.54) is 0 Å². The van der Waals surface area contributed by atoms with Crippen LogP contribution in [0.4, 0.5) is 0 Å². The molecular formula is C12H15N3O. The Morgan fingerprint density at radius 1 is 1.38 bits per heavy atom. The first-order valence-corrected chi connectivity index (χ1v) is 5.18. The molecule has 0 aliphatic heterocycles. The molecule has 2 rings (SSSR count). The van der Waals surface area contributed by atoms with Gasteiger partial charge < -0.3 is 10.5 Å². The van der Waals surface area contributed by atoms with Crippen LogP contribution in [0.2, 0.25) is 0 Å². The molecule has 0 saturated heterocycles. The first-order valence-electron chi connectivity index (χ1n) is 5.18. The van der Waals surface area contributed by atoms with Gasteiger partial charge in [0.1, 0.15) is 5.75 Å². The maximum Gasteiger partial charge on any atom is 0.165 e. The van der Waals surface area contributed by atoms with E-state index in [4.69, 9.17) is 10.5 Å². The van der Waals surface area contributed by atoms with Gasteiger partial charge in [-0.3, -0.25) is 4.68 Å². The smallest absolute Gasteiger partial charge is 0.165 e. The molecule has 0 aliphatic carbocycles. The molecule has 4 nitrogen and oxygen atoms in total. The Labute approximate surface area is 94.6 Å². The third-order valence-electron chi connectivity index (χ3n) is 2.32. The molecule has 0 amide bonds. The van der Waals surface area contributed by atoms with Gasteiger partial charge in [0.15, 0.2) is 5.75 Å². The molecule has 0 aliphatic rings. The van der Waals surface area contributed by atoms with Gasteiger partial charge in [0.05, 0.1) is 12.4 Å². The quantitative estimate of drug-likeness (QED) is 0.857. The molecule has 1 aromatic carbocycles. The number of nitrogens with zero attached hydrogens (tertiary/aromatic N) is 2. The van der Waals surface area contributed by atoms with Crippen LogP contribution in [0.5, 0.6) is 11.5 Å². The van der Waals surface area contributed by atoms with Crippen LogP contribution in [0.15, 0.2) is 36.7 Å². The Kier molecular flexibility index (Phi) is 2.92. The maximum absolute atomic E-state index is 5.87. The average molecular weight is 217 g/mol. The van der Waals surface area contributed by atoms with Crippen LogP contribution in [0, 0.1) is 0 Å². The van der Waals surface area contributed by atoms with E-state index in [0.717, 1.165) is 17.1 Å². The molecule has 0 spiro atoms. The summed E-state index contributed by atoms with van der Waals surface area (Å²) in [7, 11) is 1.85. The Bertz CT molecular complexity index is 477. The number of benzene rings is 1. The topological polar surface area (TPSA) is 53.1 Å². The summed E-state index contributed by atoms with van der Waals surface area (Å²) in [5.74, 6) is 1.50. The highest BCUT2D eigenvalue weighted by Crippen LogP contribution is 2.27. The molecule has 16 heavy (non-hydrogen) atoms. The minimum atomic E-state index is -0.0483. The Hall–Kier alpha value is -1.81. The number of hydrogen-bond donors (Lipinski definition) is 1. The van der Waals surface area contributed by atoms with Gasteiger partial charge in [0.2, 0.25) is 0 Å². The standard InChI is InChI=1S/C12H15N3O/c1-9(13)11-5-3-4-6-12(11)16-10-7-14-15(2)8-10/h3-9H,13H2,1-2H3/t9-/m1/s1. The number of hydrogen-bond acceptors (Lipinski definition) is 3. The fraction of sp³-hybridized carbons (Fsp3) is 0.250. The zero-order valence-electron chi connectivity index (χ0n) is 9.42. The predicted octanol–water partition coefficient (Wildman–Crippen LogP) is 2.23. The van der Waals surface area contributed by atoms with Gasteiger partial charge in [-0.25, -0.2) is 0 Å². The molecule has 0 unspecified atom stereocenters. The van der Waals surface area contributed by atoms with Gasteiger partial charge in [-0.1, -0.05) is 18.2 Å². The first kappa shape index (κ1) is 10.7. The summed E-state index contributed by atoms with van der Waals surface area (Å²) in [6.45, 7) is 1.94. The summed E-state index contributed by atoms with van der Waals surface area (Å²) in [5, 5.41) is 4.05. The molecule has 1 atom stereocenters. The van der Waals surface area contributed by atoms with Crippen LogP contribution < -0.4 is 10.5 Å². The number of ether oxygens (including phenoxy) is 1. The third kappa shape index (κ3) is 2.23. The fourth-order valence-corrected chi connectivity index (χ4v) is 1.53. The average Bonchev–Trinajstić information content (AvgIpc) is 2.64. The van der Waals surface area contributed by atoms with Crippen molar-refractivity contribution in [3.8, 4) is 11.5 Å². The van der Waals surface area contributed by atoms with Crippen molar-refractivity contribution in [3.63, 3.8) is 0 Å². The van der Waals surface area contributed by atoms with Crippen LogP contribution in [-0.2, 0) is 7.05 Å². The lowest BCUT2D eigenvalue weighted by atomic mass is 10.1. The predicted molar refractivity (Wildman–Crippen MR) is 62.3 cm³/mol. The first-order chi connectivity index (χ1) is 7.66. The van der Waals surface area contributed by atoms with E-state index in [1.54, 1.807) is 10.9 Å². The van der Waals surface area contributed by atoms with E-state index < -0.39 is 0 Å². The number of aromatic nitrogens is 2. The highest BCUT2D eigenvalue weighted by Gasteiger charge is 2.08. The molecule has 4 heteroatoms. The summed E-state index contributed by atoms with van der Waals surface area (Å²) >= 11 is 0. The summed E-state index contributed by atoms with van der Waals surface area (Å²) in [5.41, 5.74) is 6.86. The van der Waals surface area contributed by atoms with E-state index in [1.807, 2.05) is 44.4 Å². The van der Waals surface area contributed by atoms with Gasteiger partial charge in [-0.15, -0.1) is 0 Å². The van der Waals surface area contributed by atoms with Gasteiger partial charge in [0, 0.05) is 18.7 Å². The molecule has 0 radical (unpaired) electrons. The number of rotatable bonds is 3. The monoisotopic (exact) mass is 217 g/mol. The molecule has 84 valence electrons. The lowest BCUT2D eigenvalue weighted by Gasteiger charge is -2.11. The summed E-state index contributed by atoms with van der Waals surface area (Å²) < 4.78 is 7.43. The van der Waals surface area contributed by atoms with Gasteiger partial charge in [-0.2, -0.15) is 5.10 Å². The highest BCUT2D eigenvalue weighted by atomic mass is 16.5.